The topological polar surface area (TPSA) is 66.0 Å². The molecule has 2 aliphatic rings. The number of piperidine rings is 1. The van der Waals surface area contributed by atoms with Gasteiger partial charge < -0.3 is 20.3 Å². The molecular weight excluding hydrogens is 340 g/mol. The minimum atomic E-state index is -0.311. The molecule has 0 radical (unpaired) electrons. The fourth-order valence-electron chi connectivity index (χ4n) is 4.12. The van der Waals surface area contributed by atoms with Crippen molar-refractivity contribution >= 4 is 17.6 Å². The zero-order valence-corrected chi connectivity index (χ0v) is 16.7. The van der Waals surface area contributed by atoms with Crippen molar-refractivity contribution in [3.05, 3.63) is 29.8 Å². The maximum Gasteiger partial charge on any atom is 0.253 e. The highest BCUT2D eigenvalue weighted by Gasteiger charge is 2.24. The lowest BCUT2D eigenvalue weighted by Gasteiger charge is -2.37. The van der Waals surface area contributed by atoms with Crippen LogP contribution >= 0.6 is 0 Å². The van der Waals surface area contributed by atoms with E-state index in [1.807, 2.05) is 25.2 Å². The third kappa shape index (κ3) is 5.45. The largest absolute Gasteiger partial charge is 0.368 e. The SMILES string of the molecule is CN=C(NCc1cccc(NC(=O)C2CCCO2)c1)N1CC(C)CC(C)C1. The molecular formula is C21H32N4O2. The van der Waals surface area contributed by atoms with Crippen LogP contribution in [-0.2, 0) is 16.1 Å². The van der Waals surface area contributed by atoms with Gasteiger partial charge in [0.1, 0.15) is 6.10 Å². The normalized spacial score (nSPS) is 26.1. The van der Waals surface area contributed by atoms with Crippen molar-refractivity contribution in [1.29, 1.82) is 0 Å². The highest BCUT2D eigenvalue weighted by atomic mass is 16.5. The fraction of sp³-hybridized carbons (Fsp3) is 0.619. The number of amides is 1. The number of hydrogen-bond donors (Lipinski definition) is 2. The minimum Gasteiger partial charge on any atom is -0.368 e. The van der Waals surface area contributed by atoms with Crippen LogP contribution < -0.4 is 10.6 Å². The van der Waals surface area contributed by atoms with Crippen molar-refractivity contribution in [3.63, 3.8) is 0 Å². The molecule has 2 fully saturated rings. The summed E-state index contributed by atoms with van der Waals surface area (Å²) in [5.74, 6) is 2.26. The maximum absolute atomic E-state index is 12.2. The number of carbonyl (C=O) groups is 1. The van der Waals surface area contributed by atoms with Gasteiger partial charge in [0, 0.05) is 39.0 Å². The zero-order chi connectivity index (χ0) is 19.2. The van der Waals surface area contributed by atoms with Crippen LogP contribution in [0.2, 0.25) is 0 Å². The number of ether oxygens (including phenoxy) is 1. The summed E-state index contributed by atoms with van der Waals surface area (Å²) in [6.07, 6.45) is 2.72. The van der Waals surface area contributed by atoms with E-state index >= 15 is 0 Å². The second-order valence-electron chi connectivity index (χ2n) is 7.94. The second kappa shape index (κ2) is 9.22. The first-order valence-electron chi connectivity index (χ1n) is 10.0. The van der Waals surface area contributed by atoms with E-state index in [0.29, 0.717) is 25.0 Å². The Morgan fingerprint density at radius 3 is 2.74 bits per heavy atom. The van der Waals surface area contributed by atoms with E-state index in [0.717, 1.165) is 43.1 Å². The summed E-state index contributed by atoms with van der Waals surface area (Å²) in [7, 11) is 1.84. The molecule has 1 aromatic carbocycles. The number of nitrogens with zero attached hydrogens (tertiary/aromatic N) is 2. The van der Waals surface area contributed by atoms with E-state index in [1.54, 1.807) is 0 Å². The van der Waals surface area contributed by atoms with E-state index in [2.05, 4.69) is 40.4 Å². The van der Waals surface area contributed by atoms with E-state index in [-0.39, 0.29) is 12.0 Å². The maximum atomic E-state index is 12.2. The van der Waals surface area contributed by atoms with Gasteiger partial charge in [0.2, 0.25) is 0 Å². The van der Waals surface area contributed by atoms with Gasteiger partial charge in [-0.2, -0.15) is 0 Å². The number of rotatable bonds is 4. The highest BCUT2D eigenvalue weighted by Crippen LogP contribution is 2.21. The summed E-state index contributed by atoms with van der Waals surface area (Å²) in [5.41, 5.74) is 1.92. The Morgan fingerprint density at radius 2 is 2.07 bits per heavy atom. The molecule has 2 aliphatic heterocycles. The lowest BCUT2D eigenvalue weighted by atomic mass is 9.92. The molecule has 3 atom stereocenters. The average Bonchev–Trinajstić information content (AvgIpc) is 3.17. The van der Waals surface area contributed by atoms with Crippen molar-refractivity contribution in [3.8, 4) is 0 Å². The number of anilines is 1. The van der Waals surface area contributed by atoms with E-state index < -0.39 is 0 Å². The number of nitrogens with one attached hydrogen (secondary N) is 2. The van der Waals surface area contributed by atoms with E-state index in [4.69, 9.17) is 4.74 Å². The third-order valence-corrected chi connectivity index (χ3v) is 5.25. The zero-order valence-electron chi connectivity index (χ0n) is 16.7. The van der Waals surface area contributed by atoms with Crippen molar-refractivity contribution < 1.29 is 9.53 Å². The summed E-state index contributed by atoms with van der Waals surface area (Å²) in [5, 5.41) is 6.44. The molecule has 2 saturated heterocycles. The lowest BCUT2D eigenvalue weighted by molar-refractivity contribution is -0.124. The predicted molar refractivity (Wildman–Crippen MR) is 109 cm³/mol. The number of carbonyl (C=O) groups excluding carboxylic acids is 1. The van der Waals surface area contributed by atoms with E-state index in [1.165, 1.54) is 6.42 Å². The molecule has 0 aromatic heterocycles. The van der Waals surface area contributed by atoms with Crippen molar-refractivity contribution in [2.45, 2.75) is 45.8 Å². The average molecular weight is 373 g/mol. The summed E-state index contributed by atoms with van der Waals surface area (Å²) >= 11 is 0. The number of guanidine groups is 1. The Kier molecular flexibility index (Phi) is 6.72. The summed E-state index contributed by atoms with van der Waals surface area (Å²) in [6, 6.07) is 7.95. The molecule has 2 heterocycles. The number of aliphatic imine (C=N–C) groups is 1. The molecule has 0 saturated carbocycles. The number of benzene rings is 1. The monoisotopic (exact) mass is 372 g/mol. The van der Waals surface area contributed by atoms with Crippen LogP contribution in [0.5, 0.6) is 0 Å². The fourth-order valence-corrected chi connectivity index (χ4v) is 4.12. The van der Waals surface area contributed by atoms with Gasteiger partial charge in [-0.25, -0.2) is 0 Å². The standard InChI is InChI=1S/C21H32N4O2/c1-15-10-16(2)14-25(13-15)21(22-3)23-12-17-6-4-7-18(11-17)24-20(26)19-8-5-9-27-19/h4,6-7,11,15-16,19H,5,8-10,12-14H2,1-3H3,(H,22,23)(H,24,26). The third-order valence-electron chi connectivity index (χ3n) is 5.25. The Hall–Kier alpha value is -2.08. The molecule has 0 bridgehead atoms. The quantitative estimate of drug-likeness (QED) is 0.630. The predicted octanol–water partition coefficient (Wildman–Crippen LogP) is 2.86. The molecule has 2 N–H and O–H groups in total. The Bertz CT molecular complexity index is 660. The summed E-state index contributed by atoms with van der Waals surface area (Å²) in [6.45, 7) is 8.04. The second-order valence-corrected chi connectivity index (χ2v) is 7.94. The Morgan fingerprint density at radius 1 is 1.30 bits per heavy atom. The molecule has 3 unspecified atom stereocenters. The van der Waals surface area contributed by atoms with Crippen LogP contribution in [0.3, 0.4) is 0 Å². The first-order valence-corrected chi connectivity index (χ1v) is 10.0. The van der Waals surface area contributed by atoms with Crippen LogP contribution in [0.15, 0.2) is 29.3 Å². The lowest BCUT2D eigenvalue weighted by Crippen LogP contribution is -2.48. The Labute approximate surface area is 162 Å². The van der Waals surface area contributed by atoms with Gasteiger partial charge in [-0.05, 0) is 48.8 Å². The molecule has 1 amide bonds. The van der Waals surface area contributed by atoms with Gasteiger partial charge in [0.15, 0.2) is 5.96 Å². The van der Waals surface area contributed by atoms with Gasteiger partial charge in [-0.1, -0.05) is 26.0 Å². The van der Waals surface area contributed by atoms with Crippen molar-refractivity contribution in [2.24, 2.45) is 16.8 Å². The highest BCUT2D eigenvalue weighted by molar-refractivity contribution is 5.94. The van der Waals surface area contributed by atoms with Gasteiger partial charge >= 0.3 is 0 Å². The van der Waals surface area contributed by atoms with Crippen LogP contribution in [0, 0.1) is 11.8 Å². The smallest absolute Gasteiger partial charge is 0.253 e. The Balaban J connectivity index is 1.56. The van der Waals surface area contributed by atoms with Gasteiger partial charge in [-0.15, -0.1) is 0 Å². The number of likely N-dealkylation sites (tertiary alicyclic amines) is 1. The molecule has 148 valence electrons. The first-order chi connectivity index (χ1) is 13.0. The summed E-state index contributed by atoms with van der Waals surface area (Å²) in [4.78, 5) is 19.0. The first kappa shape index (κ1) is 19.7. The van der Waals surface area contributed by atoms with Gasteiger partial charge in [-0.3, -0.25) is 9.79 Å². The van der Waals surface area contributed by atoms with Crippen molar-refractivity contribution in [1.82, 2.24) is 10.2 Å². The minimum absolute atomic E-state index is 0.0512. The van der Waals surface area contributed by atoms with Crippen LogP contribution in [0.1, 0.15) is 38.7 Å². The van der Waals surface area contributed by atoms with Crippen LogP contribution in [0.25, 0.3) is 0 Å². The molecule has 27 heavy (non-hydrogen) atoms. The molecule has 6 nitrogen and oxygen atoms in total. The molecule has 1 aromatic rings. The molecule has 3 rings (SSSR count). The van der Waals surface area contributed by atoms with Crippen LogP contribution in [0.4, 0.5) is 5.69 Å². The molecule has 6 heteroatoms. The molecule has 0 aliphatic carbocycles. The van der Waals surface area contributed by atoms with Crippen molar-refractivity contribution in [2.75, 3.05) is 32.1 Å². The van der Waals surface area contributed by atoms with E-state index in [9.17, 15) is 4.79 Å². The number of hydrogen-bond acceptors (Lipinski definition) is 3. The summed E-state index contributed by atoms with van der Waals surface area (Å²) < 4.78 is 5.45. The van der Waals surface area contributed by atoms with Gasteiger partial charge in [0.25, 0.3) is 5.91 Å². The van der Waals surface area contributed by atoms with Gasteiger partial charge in [0.05, 0.1) is 0 Å². The van der Waals surface area contributed by atoms with Crippen LogP contribution in [-0.4, -0.2) is 49.6 Å². The molecule has 0 spiro atoms.